The number of amides is 1. The molecule has 1 atom stereocenters. The molecule has 0 saturated carbocycles. The summed E-state index contributed by atoms with van der Waals surface area (Å²) in [6, 6.07) is 22.6. The highest BCUT2D eigenvalue weighted by Crippen LogP contribution is 2.42. The van der Waals surface area contributed by atoms with Crippen molar-refractivity contribution in [3.8, 4) is 0 Å². The molecule has 1 amide bonds. The van der Waals surface area contributed by atoms with E-state index in [9.17, 15) is 14.7 Å². The first-order valence-electron chi connectivity index (χ1n) is 8.85. The molecule has 6 heteroatoms. The fourth-order valence-corrected chi connectivity index (χ4v) is 3.94. The average molecular weight is 513 g/mol. The predicted octanol–water partition coefficient (Wildman–Crippen LogP) is 5.84. The van der Waals surface area contributed by atoms with Crippen molar-refractivity contribution in [2.45, 2.75) is 6.04 Å². The lowest BCUT2D eigenvalue weighted by atomic mass is 9.95. The number of hydrogen-bond acceptors (Lipinski definition) is 3. The van der Waals surface area contributed by atoms with E-state index in [2.05, 4.69) is 31.9 Å². The SMILES string of the molecule is O=C1C(=O)N(c2ccc(Br)cc2)C(c2ccc(Br)cc2)/C1=C(\O)c1ccccc1. The first-order valence-corrected chi connectivity index (χ1v) is 10.4. The lowest BCUT2D eigenvalue weighted by Crippen LogP contribution is -2.29. The molecule has 1 heterocycles. The molecule has 1 aliphatic heterocycles. The van der Waals surface area contributed by atoms with Crippen LogP contribution in [-0.2, 0) is 9.59 Å². The third-order valence-electron chi connectivity index (χ3n) is 4.78. The molecular weight excluding hydrogens is 498 g/mol. The second-order valence-electron chi connectivity index (χ2n) is 6.56. The summed E-state index contributed by atoms with van der Waals surface area (Å²) in [7, 11) is 0. The standard InChI is InChI=1S/C23H15Br2NO3/c24-16-8-6-14(7-9-16)20-19(21(27)15-4-2-1-3-5-15)22(28)23(29)26(20)18-12-10-17(25)11-13-18/h1-13,20,27H/b21-19+. The molecule has 144 valence electrons. The number of benzene rings is 3. The Balaban J connectivity index is 1.94. The van der Waals surface area contributed by atoms with Crippen LogP contribution in [0, 0.1) is 0 Å². The Hall–Kier alpha value is -2.70. The van der Waals surface area contributed by atoms with Crippen LogP contribution in [-0.4, -0.2) is 16.8 Å². The molecular formula is C23H15Br2NO3. The second kappa shape index (κ2) is 7.97. The van der Waals surface area contributed by atoms with Gasteiger partial charge in [-0.25, -0.2) is 0 Å². The molecule has 0 radical (unpaired) electrons. The highest BCUT2D eigenvalue weighted by Gasteiger charge is 2.46. The van der Waals surface area contributed by atoms with E-state index < -0.39 is 17.7 Å². The first-order chi connectivity index (χ1) is 14.0. The molecule has 4 nitrogen and oxygen atoms in total. The van der Waals surface area contributed by atoms with Crippen LogP contribution in [0.25, 0.3) is 5.76 Å². The molecule has 0 aromatic heterocycles. The van der Waals surface area contributed by atoms with Crippen LogP contribution in [0.4, 0.5) is 5.69 Å². The number of anilines is 1. The van der Waals surface area contributed by atoms with Crippen LogP contribution in [0.5, 0.6) is 0 Å². The smallest absolute Gasteiger partial charge is 0.300 e. The zero-order valence-corrected chi connectivity index (χ0v) is 18.2. The van der Waals surface area contributed by atoms with E-state index in [4.69, 9.17) is 0 Å². The summed E-state index contributed by atoms with van der Waals surface area (Å²) < 4.78 is 1.74. The molecule has 0 spiro atoms. The topological polar surface area (TPSA) is 57.6 Å². The highest BCUT2D eigenvalue weighted by molar-refractivity contribution is 9.10. The van der Waals surface area contributed by atoms with Gasteiger partial charge in [0.15, 0.2) is 0 Å². The Morgan fingerprint density at radius 3 is 1.93 bits per heavy atom. The normalized spacial score (nSPS) is 18.3. The Kier molecular flexibility index (Phi) is 5.39. The quantitative estimate of drug-likeness (QED) is 0.272. The van der Waals surface area contributed by atoms with Gasteiger partial charge in [0.1, 0.15) is 5.76 Å². The maximum absolute atomic E-state index is 13.0. The van der Waals surface area contributed by atoms with Crippen molar-refractivity contribution >= 4 is 55.0 Å². The van der Waals surface area contributed by atoms with Gasteiger partial charge in [-0.3, -0.25) is 14.5 Å². The van der Waals surface area contributed by atoms with Crippen molar-refractivity contribution in [2.75, 3.05) is 4.90 Å². The number of Topliss-reactive ketones (excluding diaryl/α,β-unsaturated/α-hetero) is 1. The molecule has 1 aliphatic rings. The van der Waals surface area contributed by atoms with Gasteiger partial charge >= 0.3 is 0 Å². The second-order valence-corrected chi connectivity index (χ2v) is 8.39. The maximum Gasteiger partial charge on any atom is 0.300 e. The fourth-order valence-electron chi connectivity index (χ4n) is 3.41. The Labute approximate surface area is 184 Å². The summed E-state index contributed by atoms with van der Waals surface area (Å²) in [4.78, 5) is 27.4. The monoisotopic (exact) mass is 511 g/mol. The Morgan fingerprint density at radius 2 is 1.34 bits per heavy atom. The van der Waals surface area contributed by atoms with E-state index in [1.807, 2.05) is 42.5 Å². The summed E-state index contributed by atoms with van der Waals surface area (Å²) in [6.45, 7) is 0. The third-order valence-corrected chi connectivity index (χ3v) is 5.84. The van der Waals surface area contributed by atoms with Crippen molar-refractivity contribution < 1.29 is 14.7 Å². The maximum atomic E-state index is 13.0. The minimum Gasteiger partial charge on any atom is -0.507 e. The van der Waals surface area contributed by atoms with Crippen LogP contribution < -0.4 is 4.90 Å². The van der Waals surface area contributed by atoms with E-state index in [0.717, 1.165) is 14.5 Å². The molecule has 1 fully saturated rings. The first kappa shape index (κ1) is 19.6. The largest absolute Gasteiger partial charge is 0.507 e. The molecule has 3 aromatic carbocycles. The lowest BCUT2D eigenvalue weighted by Gasteiger charge is -2.25. The van der Waals surface area contributed by atoms with Gasteiger partial charge in [-0.05, 0) is 42.0 Å². The number of halogens is 2. The van der Waals surface area contributed by atoms with Crippen molar-refractivity contribution in [1.29, 1.82) is 0 Å². The molecule has 3 aromatic rings. The number of hydrogen-bond donors (Lipinski definition) is 1. The molecule has 1 unspecified atom stereocenters. The minimum atomic E-state index is -0.732. The van der Waals surface area contributed by atoms with Gasteiger partial charge in [-0.2, -0.15) is 0 Å². The zero-order valence-electron chi connectivity index (χ0n) is 15.0. The van der Waals surface area contributed by atoms with E-state index in [0.29, 0.717) is 11.3 Å². The predicted molar refractivity (Wildman–Crippen MR) is 120 cm³/mol. The van der Waals surface area contributed by atoms with E-state index in [1.54, 1.807) is 36.4 Å². The van der Waals surface area contributed by atoms with Gasteiger partial charge in [-0.15, -0.1) is 0 Å². The van der Waals surface area contributed by atoms with Crippen LogP contribution in [0.3, 0.4) is 0 Å². The zero-order chi connectivity index (χ0) is 20.5. The van der Waals surface area contributed by atoms with E-state index in [-0.39, 0.29) is 11.3 Å². The van der Waals surface area contributed by atoms with Crippen LogP contribution in [0.15, 0.2) is 93.4 Å². The lowest BCUT2D eigenvalue weighted by molar-refractivity contribution is -0.132. The number of aliphatic hydroxyl groups is 1. The summed E-state index contributed by atoms with van der Waals surface area (Å²) in [5.41, 5.74) is 1.87. The van der Waals surface area contributed by atoms with Crippen LogP contribution >= 0.6 is 31.9 Å². The van der Waals surface area contributed by atoms with Crippen molar-refractivity contribution in [3.05, 3.63) is 105 Å². The van der Waals surface area contributed by atoms with E-state index >= 15 is 0 Å². The molecule has 29 heavy (non-hydrogen) atoms. The average Bonchev–Trinajstić information content (AvgIpc) is 3.00. The molecule has 0 aliphatic carbocycles. The van der Waals surface area contributed by atoms with Crippen molar-refractivity contribution in [2.24, 2.45) is 0 Å². The summed E-state index contributed by atoms with van der Waals surface area (Å²) in [6.07, 6.45) is 0. The molecule has 1 saturated heterocycles. The number of rotatable bonds is 3. The summed E-state index contributed by atoms with van der Waals surface area (Å²) >= 11 is 6.80. The summed E-state index contributed by atoms with van der Waals surface area (Å²) in [5.74, 6) is -1.56. The van der Waals surface area contributed by atoms with Gasteiger partial charge < -0.3 is 5.11 Å². The highest BCUT2D eigenvalue weighted by atomic mass is 79.9. The van der Waals surface area contributed by atoms with Crippen molar-refractivity contribution in [3.63, 3.8) is 0 Å². The minimum absolute atomic E-state index is 0.0754. The van der Waals surface area contributed by atoms with Gasteiger partial charge in [0.2, 0.25) is 0 Å². The van der Waals surface area contributed by atoms with Gasteiger partial charge in [-0.1, -0.05) is 74.3 Å². The van der Waals surface area contributed by atoms with Gasteiger partial charge in [0.05, 0.1) is 11.6 Å². The fraction of sp³-hybridized carbons (Fsp3) is 0.0435. The summed E-state index contributed by atoms with van der Waals surface area (Å²) in [5, 5.41) is 11.0. The molecule has 1 N–H and O–H groups in total. The van der Waals surface area contributed by atoms with Gasteiger partial charge in [0, 0.05) is 20.2 Å². The molecule has 4 rings (SSSR count). The van der Waals surface area contributed by atoms with Crippen LogP contribution in [0.1, 0.15) is 17.2 Å². The van der Waals surface area contributed by atoms with E-state index in [1.165, 1.54) is 4.90 Å². The third kappa shape index (κ3) is 3.66. The number of aliphatic hydroxyl groups excluding tert-OH is 1. The Morgan fingerprint density at radius 1 is 0.793 bits per heavy atom. The number of carbonyl (C=O) groups excluding carboxylic acids is 2. The molecule has 0 bridgehead atoms. The number of ketones is 1. The van der Waals surface area contributed by atoms with Crippen molar-refractivity contribution in [1.82, 2.24) is 0 Å². The van der Waals surface area contributed by atoms with Crippen LogP contribution in [0.2, 0.25) is 0 Å². The number of nitrogens with zero attached hydrogens (tertiary/aromatic N) is 1. The Bertz CT molecular complexity index is 1110. The van der Waals surface area contributed by atoms with Gasteiger partial charge in [0.25, 0.3) is 11.7 Å². The number of carbonyl (C=O) groups is 2.